The molecule has 240 valence electrons. The first-order chi connectivity index (χ1) is 22.2. The molecule has 5 saturated heterocycles. The standard InChI is InChI=1S/C17H22N4O.C11H12N4O3.C6H6/c1-11-3-4-20(8-11)14-5-12(2)15-18-16(19-21(15)9-14)17-6-13(7-17)10-22-17;16-9(17)7-2-1-3-8(13-7)15-5-11(6-15)4-12-10(18)14-11;1-2-4-6-5-3-1/h5,9,11,13H,3-4,6-8,10H2,1-2H3;1-3H,4-6H2,(H,16,17)(H2,12,14,18);1-6H. The lowest BCUT2D eigenvalue weighted by Gasteiger charge is -2.47. The highest BCUT2D eigenvalue weighted by molar-refractivity contribution is 5.86. The summed E-state index contributed by atoms with van der Waals surface area (Å²) in [7, 11) is 0. The number of ether oxygens (including phenoxy) is 1. The molecule has 4 aromatic rings. The van der Waals surface area contributed by atoms with Crippen LogP contribution in [0.5, 0.6) is 0 Å². The van der Waals surface area contributed by atoms with Crippen molar-refractivity contribution in [2.75, 3.05) is 49.1 Å². The SMILES string of the molecule is Cc1cc(N2CCC(C)C2)cn2nc(C34CC(CO3)C4)nc12.O=C1NCC2(CN(c3cccc(C(=O)O)n3)C2)N1.c1ccccc1. The first kappa shape index (κ1) is 30.0. The largest absolute Gasteiger partial charge is 0.477 e. The molecule has 5 aliphatic heterocycles. The number of fused-ring (bicyclic) bond motifs is 2. The molecule has 12 nitrogen and oxygen atoms in total. The molecule has 1 aromatic carbocycles. The molecule has 46 heavy (non-hydrogen) atoms. The second kappa shape index (κ2) is 11.9. The summed E-state index contributed by atoms with van der Waals surface area (Å²) in [6, 6.07) is 19.0. The Labute approximate surface area is 267 Å². The number of amides is 2. The van der Waals surface area contributed by atoms with E-state index in [0.717, 1.165) is 55.8 Å². The number of urea groups is 1. The van der Waals surface area contributed by atoms with Crippen molar-refractivity contribution in [2.24, 2.45) is 11.8 Å². The van der Waals surface area contributed by atoms with Crippen LogP contribution < -0.4 is 20.4 Å². The fourth-order valence-electron chi connectivity index (χ4n) is 7.02. The van der Waals surface area contributed by atoms with E-state index in [-0.39, 0.29) is 22.9 Å². The summed E-state index contributed by atoms with van der Waals surface area (Å²) >= 11 is 0. The van der Waals surface area contributed by atoms with Gasteiger partial charge in [0.1, 0.15) is 11.4 Å². The number of anilines is 2. The zero-order valence-electron chi connectivity index (χ0n) is 26.2. The molecule has 8 heterocycles. The number of hydrogen-bond donors (Lipinski definition) is 3. The Morgan fingerprint density at radius 3 is 2.37 bits per heavy atom. The number of carbonyl (C=O) groups is 2. The summed E-state index contributed by atoms with van der Waals surface area (Å²) in [5.74, 6) is 1.98. The zero-order chi connectivity index (χ0) is 31.9. The fourth-order valence-corrected chi connectivity index (χ4v) is 7.02. The Hall–Kier alpha value is -4.71. The number of aromatic carboxylic acids is 1. The molecule has 0 radical (unpaired) electrons. The first-order valence-corrected chi connectivity index (χ1v) is 16.0. The van der Waals surface area contributed by atoms with Gasteiger partial charge >= 0.3 is 12.0 Å². The summed E-state index contributed by atoms with van der Waals surface area (Å²) < 4.78 is 7.93. The van der Waals surface area contributed by atoms with Crippen molar-refractivity contribution in [3.8, 4) is 0 Å². The van der Waals surface area contributed by atoms with Crippen LogP contribution in [0.1, 0.15) is 48.1 Å². The molecule has 1 saturated carbocycles. The van der Waals surface area contributed by atoms with Crippen molar-refractivity contribution in [2.45, 2.75) is 44.2 Å². The number of aromatic nitrogens is 4. The lowest BCUT2D eigenvalue weighted by Crippen LogP contribution is -2.69. The minimum Gasteiger partial charge on any atom is -0.477 e. The Morgan fingerprint density at radius 1 is 1.04 bits per heavy atom. The van der Waals surface area contributed by atoms with Crippen LogP contribution in [0.15, 0.2) is 66.9 Å². The number of carboxylic acids is 1. The summed E-state index contributed by atoms with van der Waals surface area (Å²) in [4.78, 5) is 35.2. The van der Waals surface area contributed by atoms with E-state index < -0.39 is 5.97 Å². The molecule has 1 aliphatic carbocycles. The van der Waals surface area contributed by atoms with E-state index in [4.69, 9.17) is 19.9 Å². The average molecular weight is 625 g/mol. The predicted octanol–water partition coefficient (Wildman–Crippen LogP) is 3.86. The van der Waals surface area contributed by atoms with Crippen molar-refractivity contribution in [3.05, 3.63) is 83.9 Å². The maximum absolute atomic E-state index is 11.1. The molecular formula is C34H40N8O4. The molecule has 2 amide bonds. The number of carbonyl (C=O) groups excluding carboxylic acids is 1. The number of rotatable bonds is 4. The van der Waals surface area contributed by atoms with Gasteiger partial charge < -0.3 is 30.3 Å². The third kappa shape index (κ3) is 5.84. The van der Waals surface area contributed by atoms with Crippen LogP contribution in [0.2, 0.25) is 0 Å². The average Bonchev–Trinajstić information content (AvgIpc) is 3.86. The molecule has 2 bridgehead atoms. The van der Waals surface area contributed by atoms with Crippen LogP contribution in [-0.4, -0.2) is 81.6 Å². The van der Waals surface area contributed by atoms with Crippen LogP contribution >= 0.6 is 0 Å². The minimum atomic E-state index is -1.04. The van der Waals surface area contributed by atoms with Crippen LogP contribution in [0, 0.1) is 18.8 Å². The predicted molar refractivity (Wildman–Crippen MR) is 173 cm³/mol. The van der Waals surface area contributed by atoms with Crippen molar-refractivity contribution in [1.29, 1.82) is 0 Å². The summed E-state index contributed by atoms with van der Waals surface area (Å²) in [6.45, 7) is 9.50. The Balaban J connectivity index is 0.000000127. The highest BCUT2D eigenvalue weighted by Crippen LogP contribution is 2.54. The smallest absolute Gasteiger partial charge is 0.354 e. The quantitative estimate of drug-likeness (QED) is 0.309. The molecule has 10 rings (SSSR count). The number of nitrogens with one attached hydrogen (secondary N) is 2. The highest BCUT2D eigenvalue weighted by atomic mass is 16.5. The fraction of sp³-hybridized carbons (Fsp3) is 0.441. The van der Waals surface area contributed by atoms with Gasteiger partial charge in [0.2, 0.25) is 0 Å². The summed E-state index contributed by atoms with van der Waals surface area (Å²) in [5.41, 5.74) is 3.06. The van der Waals surface area contributed by atoms with Gasteiger partial charge in [-0.1, -0.05) is 49.4 Å². The van der Waals surface area contributed by atoms with Crippen LogP contribution in [0.4, 0.5) is 16.3 Å². The minimum absolute atomic E-state index is 0.0297. The Bertz CT molecular complexity index is 1700. The number of hydrogen-bond acceptors (Lipinski definition) is 8. The molecule has 3 aromatic heterocycles. The number of nitrogens with zero attached hydrogens (tertiary/aromatic N) is 6. The normalized spacial score (nSPS) is 25.0. The van der Waals surface area contributed by atoms with Gasteiger partial charge in [0.25, 0.3) is 0 Å². The topological polar surface area (TPSA) is 137 Å². The van der Waals surface area contributed by atoms with E-state index in [0.29, 0.717) is 25.5 Å². The van der Waals surface area contributed by atoms with E-state index in [2.05, 4.69) is 46.6 Å². The van der Waals surface area contributed by atoms with Gasteiger partial charge in [-0.05, 0) is 61.8 Å². The number of pyridine rings is 2. The second-order valence-electron chi connectivity index (χ2n) is 13.3. The van der Waals surface area contributed by atoms with Gasteiger partial charge in [0.05, 0.1) is 24.0 Å². The van der Waals surface area contributed by atoms with Gasteiger partial charge in [-0.25, -0.2) is 24.1 Å². The van der Waals surface area contributed by atoms with E-state index >= 15 is 0 Å². The third-order valence-corrected chi connectivity index (χ3v) is 9.53. The highest BCUT2D eigenvalue weighted by Gasteiger charge is 2.56. The van der Waals surface area contributed by atoms with Gasteiger partial charge in [0, 0.05) is 32.7 Å². The maximum Gasteiger partial charge on any atom is 0.354 e. The maximum atomic E-state index is 11.1. The number of aryl methyl sites for hydroxylation is 1. The van der Waals surface area contributed by atoms with Crippen molar-refractivity contribution in [3.63, 3.8) is 0 Å². The van der Waals surface area contributed by atoms with E-state index in [1.54, 1.807) is 12.1 Å². The molecule has 1 unspecified atom stereocenters. The molecular weight excluding hydrogens is 584 g/mol. The van der Waals surface area contributed by atoms with Gasteiger partial charge in [-0.2, -0.15) is 0 Å². The Morgan fingerprint density at radius 2 is 1.78 bits per heavy atom. The first-order valence-electron chi connectivity index (χ1n) is 16.0. The van der Waals surface area contributed by atoms with Crippen molar-refractivity contribution < 1.29 is 19.4 Å². The number of benzene rings is 1. The molecule has 1 atom stereocenters. The van der Waals surface area contributed by atoms with Crippen LogP contribution in [-0.2, 0) is 10.3 Å². The zero-order valence-corrected chi connectivity index (χ0v) is 26.2. The van der Waals surface area contributed by atoms with Crippen molar-refractivity contribution in [1.82, 2.24) is 30.2 Å². The molecule has 6 fully saturated rings. The molecule has 3 N–H and O–H groups in total. The lowest BCUT2D eigenvalue weighted by molar-refractivity contribution is -0.0109. The monoisotopic (exact) mass is 624 g/mol. The van der Waals surface area contributed by atoms with E-state index in [1.807, 2.05) is 45.8 Å². The van der Waals surface area contributed by atoms with E-state index in [1.165, 1.54) is 23.7 Å². The van der Waals surface area contributed by atoms with Gasteiger partial charge in [0.15, 0.2) is 17.2 Å². The summed E-state index contributed by atoms with van der Waals surface area (Å²) in [6.07, 6.45) is 5.61. The number of carboxylic acid groups (broad SMARTS) is 1. The lowest BCUT2D eigenvalue weighted by atomic mass is 9.74. The molecule has 6 aliphatic rings. The second-order valence-corrected chi connectivity index (χ2v) is 13.3. The third-order valence-electron chi connectivity index (χ3n) is 9.53. The molecule has 12 heteroatoms. The van der Waals surface area contributed by atoms with Gasteiger partial charge in [-0.3, -0.25) is 0 Å². The van der Waals surface area contributed by atoms with Gasteiger partial charge in [-0.15, -0.1) is 5.10 Å². The summed E-state index contributed by atoms with van der Waals surface area (Å²) in [5, 5.41) is 19.2. The van der Waals surface area contributed by atoms with E-state index in [9.17, 15) is 9.59 Å². The van der Waals surface area contributed by atoms with Crippen molar-refractivity contribution >= 4 is 29.2 Å². The molecule has 1 spiro atoms. The Kier molecular flexibility index (Phi) is 7.75. The van der Waals surface area contributed by atoms with Crippen LogP contribution in [0.3, 0.4) is 0 Å². The van der Waals surface area contributed by atoms with Crippen LogP contribution in [0.25, 0.3) is 5.65 Å².